The average Bonchev–Trinajstić information content (AvgIpc) is 3.35. The molecule has 1 aliphatic carbocycles. The standard InChI is InChI=1S/C26H31F6N3O/c1-3-20-13-21(33-14-17-10-18(25(27,28)29)12-19(11-17)26(30,31)32)24-22(8-9-23(34-24)36-2)35(20)15-16-6-4-5-7-16/h8-12,16,20-21,33H,3-7,13-15H2,1-2H3. The van der Waals surface area contributed by atoms with Gasteiger partial charge in [0.1, 0.15) is 0 Å². The molecule has 10 heteroatoms. The van der Waals surface area contributed by atoms with E-state index in [-0.39, 0.29) is 30.3 Å². The van der Waals surface area contributed by atoms with Crippen LogP contribution < -0.4 is 15.0 Å². The van der Waals surface area contributed by atoms with E-state index in [9.17, 15) is 26.3 Å². The van der Waals surface area contributed by atoms with Gasteiger partial charge in [0.25, 0.3) is 0 Å². The number of fused-ring (bicyclic) bond motifs is 1. The first-order chi connectivity index (χ1) is 17.0. The van der Waals surface area contributed by atoms with E-state index in [0.29, 0.717) is 23.9 Å². The Kier molecular flexibility index (Phi) is 7.73. The Bertz CT molecular complexity index is 1020. The van der Waals surface area contributed by atoms with E-state index in [1.807, 2.05) is 6.07 Å². The Hall–Kier alpha value is -2.49. The Morgan fingerprint density at radius 2 is 1.64 bits per heavy atom. The molecule has 1 N–H and O–H groups in total. The van der Waals surface area contributed by atoms with Gasteiger partial charge in [-0.1, -0.05) is 19.8 Å². The Labute approximate surface area is 207 Å². The molecule has 36 heavy (non-hydrogen) atoms. The fourth-order valence-electron chi connectivity index (χ4n) is 5.42. The van der Waals surface area contributed by atoms with Crippen LogP contribution in [0.25, 0.3) is 0 Å². The van der Waals surface area contributed by atoms with Crippen LogP contribution in [0.2, 0.25) is 0 Å². The number of anilines is 1. The van der Waals surface area contributed by atoms with Crippen LogP contribution in [0.15, 0.2) is 30.3 Å². The highest BCUT2D eigenvalue weighted by atomic mass is 19.4. The number of rotatable bonds is 7. The fourth-order valence-corrected chi connectivity index (χ4v) is 5.42. The average molecular weight is 516 g/mol. The summed E-state index contributed by atoms with van der Waals surface area (Å²) >= 11 is 0. The minimum Gasteiger partial charge on any atom is -0.481 e. The van der Waals surface area contributed by atoms with E-state index < -0.39 is 23.5 Å². The maximum atomic E-state index is 13.3. The number of hydrogen-bond acceptors (Lipinski definition) is 4. The lowest BCUT2D eigenvalue weighted by Gasteiger charge is -2.43. The number of nitrogens with one attached hydrogen (secondary N) is 1. The van der Waals surface area contributed by atoms with Gasteiger partial charge in [0.2, 0.25) is 5.88 Å². The molecule has 1 saturated carbocycles. The molecule has 0 saturated heterocycles. The van der Waals surface area contributed by atoms with Gasteiger partial charge in [0.15, 0.2) is 0 Å². The summed E-state index contributed by atoms with van der Waals surface area (Å²) in [5.41, 5.74) is -1.05. The molecule has 2 aromatic rings. The first-order valence-corrected chi connectivity index (χ1v) is 12.3. The molecule has 4 rings (SSSR count). The second-order valence-corrected chi connectivity index (χ2v) is 9.71. The predicted molar refractivity (Wildman–Crippen MR) is 125 cm³/mol. The van der Waals surface area contributed by atoms with E-state index in [1.54, 1.807) is 6.07 Å². The van der Waals surface area contributed by atoms with Crippen LogP contribution in [0, 0.1) is 5.92 Å². The van der Waals surface area contributed by atoms with Crippen molar-refractivity contribution in [1.82, 2.24) is 10.3 Å². The molecule has 1 aliphatic heterocycles. The van der Waals surface area contributed by atoms with Gasteiger partial charge in [-0.15, -0.1) is 0 Å². The summed E-state index contributed by atoms with van der Waals surface area (Å²) in [5.74, 6) is 1.01. The molecule has 1 fully saturated rings. The number of nitrogens with zero attached hydrogens (tertiary/aromatic N) is 2. The van der Waals surface area contributed by atoms with Gasteiger partial charge in [0.05, 0.1) is 35.7 Å². The first kappa shape index (κ1) is 26.6. The van der Waals surface area contributed by atoms with Crippen molar-refractivity contribution in [1.29, 1.82) is 0 Å². The molecular formula is C26H31F6N3O. The van der Waals surface area contributed by atoms with Gasteiger partial charge in [-0.2, -0.15) is 26.3 Å². The van der Waals surface area contributed by atoms with Crippen molar-refractivity contribution >= 4 is 5.69 Å². The normalized spacial score (nSPS) is 21.1. The number of benzene rings is 1. The minimum atomic E-state index is -4.88. The summed E-state index contributed by atoms with van der Waals surface area (Å²) in [6.45, 7) is 2.84. The number of alkyl halides is 6. The van der Waals surface area contributed by atoms with Crippen molar-refractivity contribution < 1.29 is 31.1 Å². The Balaban J connectivity index is 1.63. The molecule has 2 aliphatic rings. The molecular weight excluding hydrogens is 484 g/mol. The summed E-state index contributed by atoms with van der Waals surface area (Å²) in [6, 6.07) is 5.28. The number of pyridine rings is 1. The van der Waals surface area contributed by atoms with E-state index in [4.69, 9.17) is 4.74 Å². The van der Waals surface area contributed by atoms with Crippen molar-refractivity contribution in [2.75, 3.05) is 18.6 Å². The summed E-state index contributed by atoms with van der Waals surface area (Å²) in [5, 5.41) is 3.20. The van der Waals surface area contributed by atoms with Gasteiger partial charge < -0.3 is 15.0 Å². The van der Waals surface area contributed by atoms with Crippen LogP contribution in [0.3, 0.4) is 0 Å². The number of aromatic nitrogens is 1. The third-order valence-corrected chi connectivity index (χ3v) is 7.27. The van der Waals surface area contributed by atoms with Crippen LogP contribution in [-0.4, -0.2) is 24.7 Å². The SMILES string of the molecule is CCC1CC(NCc2cc(C(F)(F)F)cc(C(F)(F)F)c2)c2nc(OC)ccc2N1CC1CCCC1. The molecule has 198 valence electrons. The smallest absolute Gasteiger partial charge is 0.416 e. The largest absolute Gasteiger partial charge is 0.481 e. The first-order valence-electron chi connectivity index (χ1n) is 12.3. The molecule has 2 unspecified atom stereocenters. The Morgan fingerprint density at radius 3 is 2.19 bits per heavy atom. The maximum Gasteiger partial charge on any atom is 0.416 e. The van der Waals surface area contributed by atoms with Crippen LogP contribution >= 0.6 is 0 Å². The quantitative estimate of drug-likeness (QED) is 0.398. The molecule has 1 aromatic heterocycles. The van der Waals surface area contributed by atoms with Crippen molar-refractivity contribution in [3.8, 4) is 5.88 Å². The maximum absolute atomic E-state index is 13.3. The van der Waals surface area contributed by atoms with Crippen LogP contribution in [-0.2, 0) is 18.9 Å². The van der Waals surface area contributed by atoms with Gasteiger partial charge >= 0.3 is 12.4 Å². The zero-order chi connectivity index (χ0) is 26.1. The Morgan fingerprint density at radius 1 is 1.00 bits per heavy atom. The van der Waals surface area contributed by atoms with Crippen molar-refractivity contribution in [3.63, 3.8) is 0 Å². The molecule has 0 radical (unpaired) electrons. The molecule has 2 atom stereocenters. The molecule has 0 amide bonds. The molecule has 1 aromatic carbocycles. The summed E-state index contributed by atoms with van der Waals surface area (Å²) in [7, 11) is 1.51. The molecule has 0 spiro atoms. The summed E-state index contributed by atoms with van der Waals surface area (Å²) in [6.07, 6.45) is -3.43. The van der Waals surface area contributed by atoms with Crippen molar-refractivity contribution in [3.05, 3.63) is 52.7 Å². The topological polar surface area (TPSA) is 37.4 Å². The highest BCUT2D eigenvalue weighted by Gasteiger charge is 2.38. The lowest BCUT2D eigenvalue weighted by molar-refractivity contribution is -0.143. The lowest BCUT2D eigenvalue weighted by Crippen LogP contribution is -2.45. The van der Waals surface area contributed by atoms with Crippen LogP contribution in [0.1, 0.15) is 73.9 Å². The monoisotopic (exact) mass is 515 g/mol. The number of hydrogen-bond donors (Lipinski definition) is 1. The van der Waals surface area contributed by atoms with E-state index in [1.165, 1.54) is 32.8 Å². The third kappa shape index (κ3) is 5.90. The molecule has 0 bridgehead atoms. The van der Waals surface area contributed by atoms with Crippen molar-refractivity contribution in [2.45, 2.75) is 76.4 Å². The lowest BCUT2D eigenvalue weighted by atomic mass is 9.91. The number of ether oxygens (including phenoxy) is 1. The van der Waals surface area contributed by atoms with Gasteiger partial charge in [-0.25, -0.2) is 4.98 Å². The number of halogens is 6. The second-order valence-electron chi connectivity index (χ2n) is 9.71. The number of methoxy groups -OCH3 is 1. The van der Waals surface area contributed by atoms with E-state index >= 15 is 0 Å². The highest BCUT2D eigenvalue weighted by Crippen LogP contribution is 2.41. The third-order valence-electron chi connectivity index (χ3n) is 7.27. The van der Waals surface area contributed by atoms with Gasteiger partial charge in [0, 0.05) is 25.2 Å². The molecule has 2 heterocycles. The summed E-state index contributed by atoms with van der Waals surface area (Å²) < 4.78 is 85.1. The highest BCUT2D eigenvalue weighted by molar-refractivity contribution is 5.56. The van der Waals surface area contributed by atoms with Gasteiger partial charge in [-0.3, -0.25) is 0 Å². The second kappa shape index (κ2) is 10.5. The van der Waals surface area contributed by atoms with Crippen LogP contribution in [0.5, 0.6) is 5.88 Å². The van der Waals surface area contributed by atoms with E-state index in [0.717, 1.165) is 30.8 Å². The predicted octanol–water partition coefficient (Wildman–Crippen LogP) is 7.14. The minimum absolute atomic E-state index is 0.0805. The molecule has 4 nitrogen and oxygen atoms in total. The zero-order valence-corrected chi connectivity index (χ0v) is 20.3. The van der Waals surface area contributed by atoms with Crippen LogP contribution in [0.4, 0.5) is 32.0 Å². The van der Waals surface area contributed by atoms with Crippen molar-refractivity contribution in [2.24, 2.45) is 5.92 Å². The summed E-state index contributed by atoms with van der Waals surface area (Å²) in [4.78, 5) is 7.02. The van der Waals surface area contributed by atoms with E-state index in [2.05, 4.69) is 22.1 Å². The zero-order valence-electron chi connectivity index (χ0n) is 20.3. The van der Waals surface area contributed by atoms with Gasteiger partial charge in [-0.05, 0) is 61.4 Å². The fraction of sp³-hybridized carbons (Fsp3) is 0.577.